The monoisotopic (exact) mass is 309 g/mol. The Hall–Kier alpha value is -2.17. The van der Waals surface area contributed by atoms with Crippen LogP contribution in [-0.2, 0) is 14.3 Å². The number of rotatable bonds is 2. The highest BCUT2D eigenvalue weighted by atomic mass is 16.7. The zero-order valence-corrected chi connectivity index (χ0v) is 13.0. The summed E-state index contributed by atoms with van der Waals surface area (Å²) in [5, 5.41) is 4.26. The molecule has 0 aromatic heterocycles. The van der Waals surface area contributed by atoms with Crippen molar-refractivity contribution in [2.24, 2.45) is 11.1 Å². The van der Waals surface area contributed by atoms with E-state index >= 15 is 0 Å². The van der Waals surface area contributed by atoms with E-state index in [-0.39, 0.29) is 18.3 Å². The molecule has 3 unspecified atom stereocenters. The van der Waals surface area contributed by atoms with Crippen LogP contribution in [0.15, 0.2) is 59.8 Å². The van der Waals surface area contributed by atoms with Gasteiger partial charge in [0, 0.05) is 5.56 Å². The second-order valence-corrected chi connectivity index (χ2v) is 5.95. The van der Waals surface area contributed by atoms with Gasteiger partial charge in [0.1, 0.15) is 0 Å². The number of hydrogen-bond donors (Lipinski definition) is 0. The lowest BCUT2D eigenvalue weighted by atomic mass is 9.93. The maximum Gasteiger partial charge on any atom is 0.184 e. The summed E-state index contributed by atoms with van der Waals surface area (Å²) in [5.74, 6) is 0.103. The van der Waals surface area contributed by atoms with Crippen molar-refractivity contribution in [2.75, 3.05) is 13.2 Å². The Balaban J connectivity index is 1.54. The van der Waals surface area contributed by atoms with Gasteiger partial charge in [0.2, 0.25) is 0 Å². The van der Waals surface area contributed by atoms with Gasteiger partial charge in [0.05, 0.1) is 24.8 Å². The molecule has 0 amide bonds. The summed E-state index contributed by atoms with van der Waals surface area (Å²) in [6, 6.07) is 18.3. The van der Waals surface area contributed by atoms with Gasteiger partial charge in [0.25, 0.3) is 0 Å². The molecular weight excluding hydrogens is 290 g/mol. The summed E-state index contributed by atoms with van der Waals surface area (Å²) in [6.45, 7) is 3.09. The minimum atomic E-state index is -0.345. The molecule has 0 bridgehead atoms. The molecule has 2 aromatic rings. The molecule has 0 spiro atoms. The first-order chi connectivity index (χ1) is 11.3. The number of hydrogen-bond acceptors (Lipinski definition) is 4. The average molecular weight is 309 g/mol. The van der Waals surface area contributed by atoms with Gasteiger partial charge in [-0.1, -0.05) is 59.8 Å². The normalized spacial score (nSPS) is 26.8. The SMILES string of the molecule is Cc1ccccc1C1OCC2ON=C(c3ccccc3)C2CO1. The van der Waals surface area contributed by atoms with Gasteiger partial charge >= 0.3 is 0 Å². The quantitative estimate of drug-likeness (QED) is 0.853. The highest BCUT2D eigenvalue weighted by Crippen LogP contribution is 2.32. The van der Waals surface area contributed by atoms with E-state index in [0.29, 0.717) is 13.2 Å². The number of nitrogens with zero attached hydrogens (tertiary/aromatic N) is 1. The lowest BCUT2D eigenvalue weighted by Crippen LogP contribution is -2.29. The van der Waals surface area contributed by atoms with Crippen LogP contribution in [0.2, 0.25) is 0 Å². The van der Waals surface area contributed by atoms with Crippen LogP contribution in [0.25, 0.3) is 0 Å². The molecule has 4 rings (SSSR count). The van der Waals surface area contributed by atoms with Crippen LogP contribution >= 0.6 is 0 Å². The number of ether oxygens (including phenoxy) is 2. The standard InChI is InChI=1S/C19H19NO3/c1-13-7-5-6-10-15(13)19-21-11-16-17(12-22-19)23-20-18(16)14-8-3-2-4-9-14/h2-10,16-17,19H,11-12H2,1H3. The van der Waals surface area contributed by atoms with E-state index in [1.807, 2.05) is 36.4 Å². The molecule has 23 heavy (non-hydrogen) atoms. The minimum Gasteiger partial charge on any atom is -0.389 e. The summed E-state index contributed by atoms with van der Waals surface area (Å²) < 4.78 is 12.0. The molecule has 0 radical (unpaired) electrons. The maximum absolute atomic E-state index is 6.05. The smallest absolute Gasteiger partial charge is 0.184 e. The molecule has 2 aromatic carbocycles. The molecule has 2 aliphatic heterocycles. The Labute approximate surface area is 135 Å². The van der Waals surface area contributed by atoms with Crippen molar-refractivity contribution in [1.29, 1.82) is 0 Å². The molecule has 118 valence electrons. The number of fused-ring (bicyclic) bond motifs is 1. The summed E-state index contributed by atoms with van der Waals surface area (Å²) in [5.41, 5.74) is 4.27. The van der Waals surface area contributed by atoms with Crippen molar-refractivity contribution in [1.82, 2.24) is 0 Å². The Morgan fingerprint density at radius 2 is 1.65 bits per heavy atom. The highest BCUT2D eigenvalue weighted by molar-refractivity contribution is 6.03. The van der Waals surface area contributed by atoms with Crippen LogP contribution in [0.1, 0.15) is 23.0 Å². The predicted molar refractivity (Wildman–Crippen MR) is 87.2 cm³/mol. The van der Waals surface area contributed by atoms with Gasteiger partial charge in [0.15, 0.2) is 12.4 Å². The Morgan fingerprint density at radius 1 is 0.913 bits per heavy atom. The highest BCUT2D eigenvalue weighted by Gasteiger charge is 2.39. The minimum absolute atomic E-state index is 0.0841. The molecule has 3 atom stereocenters. The van der Waals surface area contributed by atoms with Crippen molar-refractivity contribution in [2.45, 2.75) is 19.3 Å². The molecule has 0 saturated carbocycles. The summed E-state index contributed by atoms with van der Waals surface area (Å²) >= 11 is 0. The summed E-state index contributed by atoms with van der Waals surface area (Å²) in [4.78, 5) is 5.60. The fourth-order valence-corrected chi connectivity index (χ4v) is 3.10. The van der Waals surface area contributed by atoms with Crippen molar-refractivity contribution in [3.8, 4) is 0 Å². The summed E-state index contributed by atoms with van der Waals surface area (Å²) in [7, 11) is 0. The fraction of sp³-hybridized carbons (Fsp3) is 0.316. The van der Waals surface area contributed by atoms with E-state index in [2.05, 4.69) is 30.3 Å². The van der Waals surface area contributed by atoms with Crippen LogP contribution in [-0.4, -0.2) is 25.0 Å². The summed E-state index contributed by atoms with van der Waals surface area (Å²) in [6.07, 6.45) is -0.429. The fourth-order valence-electron chi connectivity index (χ4n) is 3.10. The largest absolute Gasteiger partial charge is 0.389 e. The number of oxime groups is 1. The van der Waals surface area contributed by atoms with Gasteiger partial charge in [-0.25, -0.2) is 0 Å². The molecule has 2 aliphatic rings. The molecular formula is C19H19NO3. The Kier molecular flexibility index (Phi) is 3.85. The molecule has 1 fully saturated rings. The predicted octanol–water partition coefficient (Wildman–Crippen LogP) is 3.46. The van der Waals surface area contributed by atoms with E-state index in [0.717, 1.165) is 16.8 Å². The molecule has 0 N–H and O–H groups in total. The first-order valence-electron chi connectivity index (χ1n) is 7.91. The lowest BCUT2D eigenvalue weighted by Gasteiger charge is -2.18. The number of benzene rings is 2. The third kappa shape index (κ3) is 2.76. The maximum atomic E-state index is 6.05. The second kappa shape index (κ2) is 6.14. The Bertz CT molecular complexity index is 714. The van der Waals surface area contributed by atoms with E-state index in [9.17, 15) is 0 Å². The third-order valence-corrected chi connectivity index (χ3v) is 4.44. The van der Waals surface area contributed by atoms with Gasteiger partial charge in [-0.15, -0.1) is 0 Å². The van der Waals surface area contributed by atoms with E-state index in [4.69, 9.17) is 14.3 Å². The van der Waals surface area contributed by atoms with Crippen molar-refractivity contribution in [3.63, 3.8) is 0 Å². The van der Waals surface area contributed by atoms with Gasteiger partial charge < -0.3 is 14.3 Å². The number of aryl methyl sites for hydroxylation is 1. The van der Waals surface area contributed by atoms with Crippen LogP contribution in [0.3, 0.4) is 0 Å². The first kappa shape index (κ1) is 14.4. The van der Waals surface area contributed by atoms with Gasteiger partial charge in [-0.05, 0) is 18.1 Å². The van der Waals surface area contributed by atoms with Crippen molar-refractivity contribution < 1.29 is 14.3 Å². The third-order valence-electron chi connectivity index (χ3n) is 4.44. The van der Waals surface area contributed by atoms with Crippen LogP contribution < -0.4 is 0 Å². The Morgan fingerprint density at radius 3 is 2.48 bits per heavy atom. The zero-order chi connectivity index (χ0) is 15.6. The molecule has 2 heterocycles. The van der Waals surface area contributed by atoms with Gasteiger partial charge in [-0.2, -0.15) is 0 Å². The molecule has 4 nitrogen and oxygen atoms in total. The average Bonchev–Trinajstić information content (AvgIpc) is 2.88. The van der Waals surface area contributed by atoms with E-state index < -0.39 is 0 Å². The van der Waals surface area contributed by atoms with Crippen LogP contribution in [0.5, 0.6) is 0 Å². The molecule has 4 heteroatoms. The van der Waals surface area contributed by atoms with Gasteiger partial charge in [-0.3, -0.25) is 0 Å². The van der Waals surface area contributed by atoms with E-state index in [1.54, 1.807) is 0 Å². The van der Waals surface area contributed by atoms with Crippen LogP contribution in [0.4, 0.5) is 0 Å². The molecule has 0 aliphatic carbocycles. The lowest BCUT2D eigenvalue weighted by molar-refractivity contribution is -0.139. The van der Waals surface area contributed by atoms with E-state index in [1.165, 1.54) is 5.56 Å². The first-order valence-corrected chi connectivity index (χ1v) is 7.91. The second-order valence-electron chi connectivity index (χ2n) is 5.95. The van der Waals surface area contributed by atoms with Crippen molar-refractivity contribution in [3.05, 3.63) is 71.3 Å². The van der Waals surface area contributed by atoms with Crippen molar-refractivity contribution >= 4 is 5.71 Å². The molecule has 1 saturated heterocycles. The topological polar surface area (TPSA) is 40.0 Å². The van der Waals surface area contributed by atoms with Crippen LogP contribution in [0, 0.1) is 12.8 Å². The zero-order valence-electron chi connectivity index (χ0n) is 13.0.